The molecular formula is C16H24Si. The van der Waals surface area contributed by atoms with Gasteiger partial charge >= 0.3 is 0 Å². The zero-order valence-corrected chi connectivity index (χ0v) is 12.6. The van der Waals surface area contributed by atoms with Crippen LogP contribution < -0.4 is 0 Å². The number of rotatable bonds is 4. The SMILES string of the molecule is CCC1=C([Si](C)(C)C2=C(CC)C=CC2)CC=C1. The first-order valence-corrected chi connectivity index (χ1v) is 9.89. The second kappa shape index (κ2) is 4.81. The van der Waals surface area contributed by atoms with Crippen LogP contribution in [-0.4, -0.2) is 8.07 Å². The third-order valence-electron chi connectivity index (χ3n) is 4.33. The highest BCUT2D eigenvalue weighted by atomic mass is 28.3. The van der Waals surface area contributed by atoms with Gasteiger partial charge in [-0.25, -0.2) is 0 Å². The van der Waals surface area contributed by atoms with E-state index in [4.69, 9.17) is 0 Å². The molecule has 0 amide bonds. The minimum absolute atomic E-state index is 1.20. The summed E-state index contributed by atoms with van der Waals surface area (Å²) in [6.07, 6.45) is 14.3. The molecule has 0 unspecified atom stereocenters. The first-order valence-electron chi connectivity index (χ1n) is 6.89. The fourth-order valence-electron chi connectivity index (χ4n) is 3.26. The van der Waals surface area contributed by atoms with Crippen LogP contribution in [0.15, 0.2) is 45.8 Å². The summed E-state index contributed by atoms with van der Waals surface area (Å²) in [7, 11) is -1.37. The van der Waals surface area contributed by atoms with Gasteiger partial charge in [0.15, 0.2) is 0 Å². The van der Waals surface area contributed by atoms with Gasteiger partial charge in [0.2, 0.25) is 0 Å². The van der Waals surface area contributed by atoms with Gasteiger partial charge in [-0.15, -0.1) is 0 Å². The van der Waals surface area contributed by atoms with E-state index in [0.717, 1.165) is 0 Å². The van der Waals surface area contributed by atoms with Crippen LogP contribution in [0.2, 0.25) is 13.1 Å². The molecule has 0 aromatic heterocycles. The van der Waals surface area contributed by atoms with Crippen molar-refractivity contribution in [3.05, 3.63) is 45.8 Å². The molecular weight excluding hydrogens is 220 g/mol. The molecule has 92 valence electrons. The maximum atomic E-state index is 2.54. The van der Waals surface area contributed by atoms with E-state index in [1.165, 1.54) is 25.7 Å². The van der Waals surface area contributed by atoms with E-state index in [1.54, 1.807) is 21.5 Å². The van der Waals surface area contributed by atoms with Gasteiger partial charge in [-0.05, 0) is 25.7 Å². The van der Waals surface area contributed by atoms with E-state index in [1.807, 2.05) is 0 Å². The van der Waals surface area contributed by atoms with Gasteiger partial charge < -0.3 is 0 Å². The Kier molecular flexibility index (Phi) is 3.57. The highest BCUT2D eigenvalue weighted by Gasteiger charge is 2.34. The standard InChI is InChI=1S/C16H24Si/c1-5-13-9-7-11-15(13)17(3,4)16-12-8-10-14(16)6-2/h7-10H,5-6,11-12H2,1-4H3. The largest absolute Gasteiger partial charge is 0.104 e. The Morgan fingerprint density at radius 1 is 0.882 bits per heavy atom. The first-order chi connectivity index (χ1) is 8.11. The van der Waals surface area contributed by atoms with Crippen molar-refractivity contribution in [2.45, 2.75) is 52.6 Å². The van der Waals surface area contributed by atoms with Gasteiger partial charge in [0.1, 0.15) is 8.07 Å². The molecule has 0 spiro atoms. The summed E-state index contributed by atoms with van der Waals surface area (Å²) in [6.45, 7) is 9.67. The van der Waals surface area contributed by atoms with Crippen LogP contribution in [0.3, 0.4) is 0 Å². The van der Waals surface area contributed by atoms with E-state index in [0.29, 0.717) is 0 Å². The molecule has 0 saturated carbocycles. The Morgan fingerprint density at radius 2 is 1.29 bits per heavy atom. The summed E-state index contributed by atoms with van der Waals surface area (Å²) in [5.41, 5.74) is 3.24. The normalized spacial score (nSPS) is 20.0. The third kappa shape index (κ3) is 2.13. The van der Waals surface area contributed by atoms with E-state index in [2.05, 4.69) is 51.2 Å². The zero-order valence-electron chi connectivity index (χ0n) is 11.6. The Hall–Kier alpha value is -0.823. The highest BCUT2D eigenvalue weighted by Crippen LogP contribution is 2.39. The van der Waals surface area contributed by atoms with Gasteiger partial charge in [0, 0.05) is 0 Å². The first kappa shape index (κ1) is 12.6. The third-order valence-corrected chi connectivity index (χ3v) is 8.40. The zero-order chi connectivity index (χ0) is 12.5. The van der Waals surface area contributed by atoms with Crippen molar-refractivity contribution in [2.24, 2.45) is 0 Å². The van der Waals surface area contributed by atoms with E-state index in [9.17, 15) is 0 Å². The quantitative estimate of drug-likeness (QED) is 0.603. The van der Waals surface area contributed by atoms with Crippen LogP contribution in [-0.2, 0) is 0 Å². The Balaban J connectivity index is 2.38. The molecule has 0 aromatic rings. The Labute approximate surface area is 107 Å². The summed E-state index contributed by atoms with van der Waals surface area (Å²) in [5.74, 6) is 0. The molecule has 2 rings (SSSR count). The fourth-order valence-corrected chi connectivity index (χ4v) is 7.01. The van der Waals surface area contributed by atoms with Crippen molar-refractivity contribution >= 4 is 8.07 Å². The lowest BCUT2D eigenvalue weighted by molar-refractivity contribution is 1.11. The summed E-state index contributed by atoms with van der Waals surface area (Å²) < 4.78 is 0. The fraction of sp³-hybridized carbons (Fsp3) is 0.500. The van der Waals surface area contributed by atoms with Gasteiger partial charge in [-0.1, -0.05) is 72.8 Å². The molecule has 0 saturated heterocycles. The maximum absolute atomic E-state index is 2.54. The highest BCUT2D eigenvalue weighted by molar-refractivity contribution is 6.91. The number of allylic oxidation sites excluding steroid dienone is 8. The van der Waals surface area contributed by atoms with Crippen molar-refractivity contribution in [1.82, 2.24) is 0 Å². The van der Waals surface area contributed by atoms with Gasteiger partial charge in [0.05, 0.1) is 0 Å². The molecule has 0 heterocycles. The van der Waals surface area contributed by atoms with Gasteiger partial charge in [0.25, 0.3) is 0 Å². The van der Waals surface area contributed by atoms with Crippen molar-refractivity contribution in [3.8, 4) is 0 Å². The Bertz CT molecular complexity index is 390. The van der Waals surface area contributed by atoms with Crippen LogP contribution in [0.1, 0.15) is 39.5 Å². The summed E-state index contributed by atoms with van der Waals surface area (Å²) >= 11 is 0. The summed E-state index contributed by atoms with van der Waals surface area (Å²) in [4.78, 5) is 0. The molecule has 0 aliphatic heterocycles. The van der Waals surface area contributed by atoms with Crippen LogP contribution in [0.5, 0.6) is 0 Å². The predicted molar refractivity (Wildman–Crippen MR) is 79.6 cm³/mol. The van der Waals surface area contributed by atoms with E-state index >= 15 is 0 Å². The molecule has 17 heavy (non-hydrogen) atoms. The molecule has 0 bridgehead atoms. The average Bonchev–Trinajstić information content (AvgIpc) is 2.97. The minimum Gasteiger partial charge on any atom is -0.0806 e. The smallest absolute Gasteiger partial charge is 0.0806 e. The minimum atomic E-state index is -1.37. The second-order valence-corrected chi connectivity index (χ2v) is 10.0. The predicted octanol–water partition coefficient (Wildman–Crippen LogP) is 5.11. The summed E-state index contributed by atoms with van der Waals surface area (Å²) in [5, 5.41) is 3.56. The average molecular weight is 244 g/mol. The maximum Gasteiger partial charge on any atom is 0.104 e. The molecule has 0 atom stereocenters. The molecule has 0 aromatic carbocycles. The topological polar surface area (TPSA) is 0 Å². The number of hydrogen-bond donors (Lipinski definition) is 0. The van der Waals surface area contributed by atoms with E-state index in [-0.39, 0.29) is 0 Å². The van der Waals surface area contributed by atoms with Crippen molar-refractivity contribution < 1.29 is 0 Å². The Morgan fingerprint density at radius 3 is 1.65 bits per heavy atom. The lowest BCUT2D eigenvalue weighted by atomic mass is 10.2. The monoisotopic (exact) mass is 244 g/mol. The molecule has 0 radical (unpaired) electrons. The lowest BCUT2D eigenvalue weighted by Crippen LogP contribution is -2.33. The molecule has 0 fully saturated rings. The van der Waals surface area contributed by atoms with Crippen LogP contribution in [0, 0.1) is 0 Å². The van der Waals surface area contributed by atoms with Crippen LogP contribution in [0.25, 0.3) is 0 Å². The summed E-state index contributed by atoms with van der Waals surface area (Å²) in [6, 6.07) is 0. The van der Waals surface area contributed by atoms with Crippen molar-refractivity contribution in [1.29, 1.82) is 0 Å². The van der Waals surface area contributed by atoms with Crippen molar-refractivity contribution in [3.63, 3.8) is 0 Å². The lowest BCUT2D eigenvalue weighted by Gasteiger charge is -2.29. The molecule has 0 N–H and O–H groups in total. The molecule has 2 aliphatic rings. The van der Waals surface area contributed by atoms with Crippen LogP contribution in [0.4, 0.5) is 0 Å². The van der Waals surface area contributed by atoms with Gasteiger partial charge in [-0.3, -0.25) is 0 Å². The van der Waals surface area contributed by atoms with Crippen LogP contribution >= 0.6 is 0 Å². The molecule has 0 nitrogen and oxygen atoms in total. The molecule has 2 aliphatic carbocycles. The van der Waals surface area contributed by atoms with Gasteiger partial charge in [-0.2, -0.15) is 0 Å². The molecule has 1 heteroatoms. The number of hydrogen-bond acceptors (Lipinski definition) is 0. The van der Waals surface area contributed by atoms with Crippen molar-refractivity contribution in [2.75, 3.05) is 0 Å². The van der Waals surface area contributed by atoms with E-state index < -0.39 is 8.07 Å². The second-order valence-electron chi connectivity index (χ2n) is 5.55.